The third-order valence-corrected chi connectivity index (χ3v) is 7.50. The van der Waals surface area contributed by atoms with Gasteiger partial charge in [-0.15, -0.1) is 23.1 Å². The van der Waals surface area contributed by atoms with Gasteiger partial charge in [0.15, 0.2) is 29.8 Å². The molecule has 2 amide bonds. The van der Waals surface area contributed by atoms with E-state index in [1.165, 1.54) is 16.7 Å². The van der Waals surface area contributed by atoms with Gasteiger partial charge in [-0.25, -0.2) is 22.8 Å². The number of aliphatic carboxylic acids is 1. The van der Waals surface area contributed by atoms with Crippen molar-refractivity contribution in [3.63, 3.8) is 0 Å². The summed E-state index contributed by atoms with van der Waals surface area (Å²) in [5.74, 6) is -1.87. The molecule has 0 unspecified atom stereocenters. The van der Waals surface area contributed by atoms with E-state index in [2.05, 4.69) is 15.5 Å². The zero-order chi connectivity index (χ0) is 28.3. The summed E-state index contributed by atoms with van der Waals surface area (Å²) in [5.41, 5.74) is 6.48. The molecule has 5 N–H and O–H groups in total. The lowest BCUT2D eigenvalue weighted by Gasteiger charge is -2.49. The number of thiazole rings is 1. The Balaban J connectivity index is 0.000000648. The van der Waals surface area contributed by atoms with E-state index >= 15 is 0 Å². The van der Waals surface area contributed by atoms with Gasteiger partial charge < -0.3 is 25.5 Å². The maximum atomic E-state index is 13.0. The molecule has 4 heterocycles. The normalized spacial score (nSPS) is 20.8. The van der Waals surface area contributed by atoms with Crippen LogP contribution in [0.3, 0.4) is 0 Å². The van der Waals surface area contributed by atoms with Gasteiger partial charge in [-0.2, -0.15) is 0 Å². The topological polar surface area (TPSA) is 229 Å². The summed E-state index contributed by atoms with van der Waals surface area (Å²) in [4.78, 5) is 48.8. The molecule has 18 heteroatoms. The standard InChI is InChI=1S/C21H20N6O5S2.H2O4S/c22-21-23-13(10-34-21)14(25-32-12-4-5-12)17(28)24-15-18(29)27-16(20(30)31)11(9-33-19(15)27)8-26-6-2-1-3-7-26;1-5(2,3)4/h1-3,6-7,10,12,15,19H,4-5,8-9H2,(H3-,22,23,24,28,30,31);(H2,1,2,3,4)/t15-,19-;/m1./s1. The van der Waals surface area contributed by atoms with E-state index in [9.17, 15) is 19.5 Å². The molecular weight excluding hydrogens is 576 g/mol. The van der Waals surface area contributed by atoms with E-state index in [1.54, 1.807) is 5.38 Å². The molecule has 2 aromatic rings. The lowest BCUT2D eigenvalue weighted by atomic mass is 10.0. The van der Waals surface area contributed by atoms with Crippen molar-refractivity contribution < 1.29 is 46.4 Å². The SMILES string of the molecule is Nc1nc(C(=NOC2CC2)C(=O)N[C@@H]2C(=O)N3C(C(=O)O)=C(C[n+]4ccccc4)CS[C@H]23)cs1.O=S(=O)([O-])O. The van der Waals surface area contributed by atoms with Crippen molar-refractivity contribution in [3.8, 4) is 0 Å². The second-order valence-corrected chi connectivity index (χ2v) is 11.3. The number of nitrogens with two attached hydrogens (primary N) is 1. The van der Waals surface area contributed by atoms with Gasteiger partial charge in [-0.3, -0.25) is 19.0 Å². The fourth-order valence-electron chi connectivity index (χ4n) is 3.68. The van der Waals surface area contributed by atoms with Gasteiger partial charge in [0.05, 0.1) is 0 Å². The second-order valence-electron chi connectivity index (χ2n) is 8.41. The molecule has 3 aliphatic rings. The Bertz CT molecular complexity index is 1430. The van der Waals surface area contributed by atoms with Crippen molar-refractivity contribution >= 4 is 62.1 Å². The van der Waals surface area contributed by atoms with Crippen LogP contribution < -0.4 is 15.6 Å². The third-order valence-electron chi connectivity index (χ3n) is 5.48. The summed E-state index contributed by atoms with van der Waals surface area (Å²) >= 11 is 2.57. The van der Waals surface area contributed by atoms with Crippen molar-refractivity contribution in [2.45, 2.75) is 36.9 Å². The summed E-state index contributed by atoms with van der Waals surface area (Å²) < 4.78 is 34.7. The van der Waals surface area contributed by atoms with Crippen molar-refractivity contribution in [2.24, 2.45) is 5.16 Å². The highest BCUT2D eigenvalue weighted by atomic mass is 32.3. The number of fused-ring (bicyclic) bond motifs is 1. The lowest BCUT2D eigenvalue weighted by molar-refractivity contribution is -0.689. The fourth-order valence-corrected chi connectivity index (χ4v) is 5.56. The molecule has 2 aliphatic heterocycles. The predicted octanol–water partition coefficient (Wildman–Crippen LogP) is -0.661. The van der Waals surface area contributed by atoms with Gasteiger partial charge in [0.2, 0.25) is 10.4 Å². The quantitative estimate of drug-likeness (QED) is 0.0741. The first-order valence-electron chi connectivity index (χ1n) is 11.2. The summed E-state index contributed by atoms with van der Waals surface area (Å²) in [6.45, 7) is 0.351. The van der Waals surface area contributed by atoms with E-state index < -0.39 is 39.6 Å². The molecule has 39 heavy (non-hydrogen) atoms. The molecule has 2 atom stereocenters. The number of thioether (sulfide) groups is 1. The maximum absolute atomic E-state index is 13.0. The van der Waals surface area contributed by atoms with Crippen LogP contribution in [0.1, 0.15) is 18.5 Å². The Morgan fingerprint density at radius 3 is 2.54 bits per heavy atom. The second kappa shape index (κ2) is 11.7. The number of hydrogen-bond acceptors (Lipinski definition) is 12. The third kappa shape index (κ3) is 7.30. The van der Waals surface area contributed by atoms with Crippen LogP contribution in [0.15, 0.2) is 52.4 Å². The van der Waals surface area contributed by atoms with Crippen LogP contribution in [-0.2, 0) is 36.2 Å². The van der Waals surface area contributed by atoms with Crippen LogP contribution in [-0.4, -0.2) is 79.3 Å². The van der Waals surface area contributed by atoms with Crippen molar-refractivity contribution in [3.05, 3.63) is 52.9 Å². The van der Waals surface area contributed by atoms with Crippen LogP contribution in [0.25, 0.3) is 0 Å². The summed E-state index contributed by atoms with van der Waals surface area (Å²) in [6, 6.07) is 4.68. The molecule has 0 radical (unpaired) electrons. The largest absolute Gasteiger partial charge is 0.726 e. The number of aromatic nitrogens is 2. The van der Waals surface area contributed by atoms with E-state index in [4.69, 9.17) is 28.1 Å². The summed E-state index contributed by atoms with van der Waals surface area (Å²) in [7, 11) is -4.92. The molecule has 0 aromatic carbocycles. The number of carboxylic acids is 1. The van der Waals surface area contributed by atoms with E-state index in [0.717, 1.165) is 24.2 Å². The number of carboxylic acid groups (broad SMARTS) is 1. The minimum absolute atomic E-state index is 0.0299. The number of nitrogen functional groups attached to an aromatic ring is 1. The first kappa shape index (κ1) is 28.4. The molecule has 2 aromatic heterocycles. The number of hydrogen-bond donors (Lipinski definition) is 4. The van der Waals surface area contributed by atoms with Crippen molar-refractivity contribution in [1.82, 2.24) is 15.2 Å². The van der Waals surface area contributed by atoms with Crippen molar-refractivity contribution in [2.75, 3.05) is 11.5 Å². The molecule has 0 bridgehead atoms. The number of amides is 2. The van der Waals surface area contributed by atoms with Gasteiger partial charge in [0.25, 0.3) is 11.8 Å². The number of carbonyl (C=O) groups excluding carboxylic acids is 2. The van der Waals surface area contributed by atoms with Gasteiger partial charge >= 0.3 is 5.97 Å². The van der Waals surface area contributed by atoms with Gasteiger partial charge in [0, 0.05) is 28.8 Å². The Kier molecular flexibility index (Phi) is 8.50. The molecular formula is C21H22N6O9S3. The number of nitrogens with zero attached hydrogens (tertiary/aromatic N) is 4. The van der Waals surface area contributed by atoms with Crippen molar-refractivity contribution in [1.29, 1.82) is 0 Å². The molecule has 1 saturated carbocycles. The van der Waals surface area contributed by atoms with Crippen LogP contribution >= 0.6 is 23.1 Å². The number of anilines is 1. The molecule has 0 spiro atoms. The molecule has 208 valence electrons. The average molecular weight is 599 g/mol. The number of rotatable bonds is 8. The number of β-lactam (4-membered cyclic amide) rings is 1. The fraction of sp³-hybridized carbons (Fsp3) is 0.333. The zero-order valence-electron chi connectivity index (χ0n) is 19.9. The van der Waals surface area contributed by atoms with Crippen LogP contribution in [0.2, 0.25) is 0 Å². The highest BCUT2D eigenvalue weighted by Gasteiger charge is 2.54. The molecule has 15 nitrogen and oxygen atoms in total. The minimum atomic E-state index is -4.92. The highest BCUT2D eigenvalue weighted by Crippen LogP contribution is 2.40. The number of carbonyl (C=O) groups is 3. The minimum Gasteiger partial charge on any atom is -0.726 e. The molecule has 1 aliphatic carbocycles. The van der Waals surface area contributed by atoms with E-state index in [-0.39, 0.29) is 28.3 Å². The first-order chi connectivity index (χ1) is 18.4. The van der Waals surface area contributed by atoms with Crippen LogP contribution in [0, 0.1) is 0 Å². The van der Waals surface area contributed by atoms with E-state index in [0.29, 0.717) is 17.9 Å². The number of oxime groups is 1. The van der Waals surface area contributed by atoms with E-state index in [1.807, 2.05) is 35.2 Å². The Hall–Kier alpha value is -3.58. The monoisotopic (exact) mass is 598 g/mol. The van der Waals surface area contributed by atoms with Crippen LogP contribution in [0.4, 0.5) is 5.13 Å². The number of nitrogens with one attached hydrogen (secondary N) is 1. The molecule has 2 fully saturated rings. The maximum Gasteiger partial charge on any atom is 0.352 e. The Morgan fingerprint density at radius 1 is 1.31 bits per heavy atom. The average Bonchev–Trinajstić information content (AvgIpc) is 3.60. The van der Waals surface area contributed by atoms with Gasteiger partial charge in [-0.05, 0) is 12.8 Å². The van der Waals surface area contributed by atoms with Crippen LogP contribution in [0.5, 0.6) is 0 Å². The zero-order valence-corrected chi connectivity index (χ0v) is 22.3. The van der Waals surface area contributed by atoms with Gasteiger partial charge in [0.1, 0.15) is 28.9 Å². The highest BCUT2D eigenvalue weighted by molar-refractivity contribution is 8.00. The lowest BCUT2D eigenvalue weighted by Crippen LogP contribution is -2.71. The molecule has 1 saturated heterocycles. The summed E-state index contributed by atoms with van der Waals surface area (Å²) in [5, 5.41) is 17.8. The number of pyridine rings is 1. The van der Waals surface area contributed by atoms with Gasteiger partial charge in [-0.1, -0.05) is 11.2 Å². The smallest absolute Gasteiger partial charge is 0.352 e. The first-order valence-corrected chi connectivity index (χ1v) is 14.5. The Labute approximate surface area is 229 Å². The predicted molar refractivity (Wildman–Crippen MR) is 136 cm³/mol. The Morgan fingerprint density at radius 2 is 1.97 bits per heavy atom. The summed E-state index contributed by atoms with van der Waals surface area (Å²) in [6.07, 6.45) is 5.36. The molecule has 5 rings (SSSR count).